The van der Waals surface area contributed by atoms with Crippen LogP contribution in [0.4, 0.5) is 26.3 Å². The molecule has 0 atom stereocenters. The van der Waals surface area contributed by atoms with Crippen molar-refractivity contribution >= 4 is 5.91 Å². The molecule has 0 heterocycles. The van der Waals surface area contributed by atoms with Gasteiger partial charge in [-0.1, -0.05) is 0 Å². The van der Waals surface area contributed by atoms with E-state index >= 15 is 0 Å². The van der Waals surface area contributed by atoms with Crippen molar-refractivity contribution in [3.8, 4) is 0 Å². The minimum Gasteiger partial charge on any atom is -0.369 e. The first-order valence-electron chi connectivity index (χ1n) is 9.26. The van der Waals surface area contributed by atoms with E-state index in [9.17, 15) is 31.1 Å². The van der Waals surface area contributed by atoms with Crippen LogP contribution in [0.1, 0.15) is 45.4 Å². The first-order valence-corrected chi connectivity index (χ1v) is 9.26. The highest BCUT2D eigenvalue weighted by molar-refractivity contribution is 5.73. The Morgan fingerprint density at radius 2 is 1.44 bits per heavy atom. The first kappa shape index (κ1) is 20.7. The van der Waals surface area contributed by atoms with Gasteiger partial charge in [-0.2, -0.15) is 26.3 Å². The topological polar surface area (TPSA) is 54.9 Å². The number of ether oxygens (including phenoxy) is 1. The van der Waals surface area contributed by atoms with Gasteiger partial charge in [0.15, 0.2) is 0 Å². The first-order chi connectivity index (χ1) is 12.4. The Morgan fingerprint density at radius 3 is 1.81 bits per heavy atom. The van der Waals surface area contributed by atoms with Gasteiger partial charge in [-0.05, 0) is 56.3 Å². The molecule has 4 rings (SSSR count). The average molecular weight is 403 g/mol. The van der Waals surface area contributed by atoms with Gasteiger partial charge in [0.1, 0.15) is 6.54 Å². The molecule has 27 heavy (non-hydrogen) atoms. The van der Waals surface area contributed by atoms with Crippen molar-refractivity contribution in [2.24, 2.45) is 17.8 Å². The quantitative estimate of drug-likeness (QED) is 0.407. The summed E-state index contributed by atoms with van der Waals surface area (Å²) in [6.45, 7) is -0.146. The van der Waals surface area contributed by atoms with Gasteiger partial charge in [0.2, 0.25) is 5.91 Å². The van der Waals surface area contributed by atoms with E-state index in [-0.39, 0.29) is 11.9 Å². The second kappa shape index (κ2) is 6.79. The molecule has 0 aromatic rings. The number of amides is 1. The van der Waals surface area contributed by atoms with Gasteiger partial charge in [-0.25, -0.2) is 0 Å². The SMILES string of the molecule is CC(=O)NC([NH2+]CCOC12CC3CC(CC(C3)C1)C2)(C(F)(F)F)C(F)(F)F. The number of alkyl halides is 6. The van der Waals surface area contributed by atoms with Crippen LogP contribution < -0.4 is 10.6 Å². The minimum atomic E-state index is -5.70. The predicted octanol–water partition coefficient (Wildman–Crippen LogP) is 2.49. The molecule has 0 aromatic carbocycles. The molecule has 4 aliphatic rings. The summed E-state index contributed by atoms with van der Waals surface area (Å²) >= 11 is 0. The summed E-state index contributed by atoms with van der Waals surface area (Å²) in [6, 6.07) is 0. The maximum Gasteiger partial charge on any atom is 0.475 e. The maximum atomic E-state index is 13.3. The van der Waals surface area contributed by atoms with Crippen LogP contribution in [0.25, 0.3) is 0 Å². The van der Waals surface area contributed by atoms with Crippen molar-refractivity contribution in [1.29, 1.82) is 0 Å². The number of rotatable bonds is 6. The van der Waals surface area contributed by atoms with Crippen LogP contribution in [0, 0.1) is 17.8 Å². The van der Waals surface area contributed by atoms with E-state index in [1.165, 1.54) is 0 Å². The summed E-state index contributed by atoms with van der Waals surface area (Å²) in [5.74, 6) is 0.278. The van der Waals surface area contributed by atoms with E-state index in [1.807, 2.05) is 0 Å². The Morgan fingerprint density at radius 1 is 1.00 bits per heavy atom. The Bertz CT molecular complexity index is 525. The van der Waals surface area contributed by atoms with Gasteiger partial charge < -0.3 is 10.1 Å². The molecule has 0 aliphatic heterocycles. The number of nitrogens with two attached hydrogens (primary N) is 1. The highest BCUT2D eigenvalue weighted by atomic mass is 19.4. The second-order valence-corrected chi connectivity index (χ2v) is 8.43. The Labute approximate surface area is 153 Å². The molecule has 4 bridgehead atoms. The number of carbonyl (C=O) groups is 1. The van der Waals surface area contributed by atoms with Crippen molar-refractivity contribution < 1.29 is 41.2 Å². The lowest BCUT2D eigenvalue weighted by Gasteiger charge is -2.56. The fraction of sp³-hybridized carbons (Fsp3) is 0.941. The third-order valence-corrected chi connectivity index (χ3v) is 6.23. The molecule has 156 valence electrons. The van der Waals surface area contributed by atoms with Crippen LogP contribution in [0.3, 0.4) is 0 Å². The zero-order valence-corrected chi connectivity index (χ0v) is 15.1. The molecular weight excluding hydrogens is 378 g/mol. The largest absolute Gasteiger partial charge is 0.475 e. The third-order valence-electron chi connectivity index (χ3n) is 6.23. The van der Waals surface area contributed by atoms with Crippen LogP contribution in [-0.2, 0) is 9.53 Å². The number of hydrogen-bond donors (Lipinski definition) is 2. The molecular formula is C17H25F6N2O2+. The van der Waals surface area contributed by atoms with E-state index in [0.717, 1.165) is 43.8 Å². The Hall–Kier alpha value is -1.03. The van der Waals surface area contributed by atoms with Gasteiger partial charge in [-0.15, -0.1) is 0 Å². The van der Waals surface area contributed by atoms with E-state index in [0.29, 0.717) is 24.7 Å². The molecule has 0 radical (unpaired) electrons. The van der Waals surface area contributed by atoms with Crippen LogP contribution >= 0.6 is 0 Å². The number of hydrogen-bond acceptors (Lipinski definition) is 2. The van der Waals surface area contributed by atoms with Crippen molar-refractivity contribution in [2.45, 2.75) is 69.1 Å². The summed E-state index contributed by atoms with van der Waals surface area (Å²) in [5.41, 5.74) is -4.76. The van der Waals surface area contributed by atoms with E-state index in [1.54, 1.807) is 0 Å². The lowest BCUT2D eigenvalue weighted by molar-refractivity contribution is -0.785. The van der Waals surface area contributed by atoms with Crippen LogP contribution in [0.15, 0.2) is 0 Å². The summed E-state index contributed by atoms with van der Waals surface area (Å²) in [5, 5.41) is 1.16. The van der Waals surface area contributed by atoms with Crippen molar-refractivity contribution in [2.75, 3.05) is 13.2 Å². The molecule has 4 saturated carbocycles. The summed E-state index contributed by atoms with van der Waals surface area (Å²) in [6.07, 6.45) is -5.40. The second-order valence-electron chi connectivity index (χ2n) is 8.43. The molecule has 4 fully saturated rings. The minimum absolute atomic E-state index is 0.0922. The monoisotopic (exact) mass is 403 g/mol. The number of carbonyl (C=O) groups excluding carboxylic acids is 1. The van der Waals surface area contributed by atoms with Crippen molar-refractivity contribution in [1.82, 2.24) is 5.32 Å². The maximum absolute atomic E-state index is 13.3. The summed E-state index contributed by atoms with van der Waals surface area (Å²) in [7, 11) is 0. The smallest absolute Gasteiger partial charge is 0.369 e. The van der Waals surface area contributed by atoms with Gasteiger partial charge in [-0.3, -0.25) is 10.1 Å². The van der Waals surface area contributed by atoms with Gasteiger partial charge in [0, 0.05) is 6.92 Å². The zero-order valence-electron chi connectivity index (χ0n) is 15.1. The Kier molecular flexibility index (Phi) is 5.20. The normalized spacial score (nSPS) is 33.4. The molecule has 0 unspecified atom stereocenters. The van der Waals surface area contributed by atoms with Gasteiger partial charge >= 0.3 is 18.0 Å². The standard InChI is InChI=1S/C17H24F6N2O2/c1-10(26)25-15(16(18,19)20,17(21,22)23)24-2-3-27-14-7-11-4-12(8-14)6-13(5-11)9-14/h11-13,24H,2-9H2,1H3,(H,25,26)/p+1. The molecule has 4 aliphatic carbocycles. The fourth-order valence-electron chi connectivity index (χ4n) is 5.62. The third kappa shape index (κ3) is 3.92. The summed E-state index contributed by atoms with van der Waals surface area (Å²) < 4.78 is 85.5. The van der Waals surface area contributed by atoms with E-state index in [4.69, 9.17) is 4.74 Å². The number of halogens is 6. The molecule has 0 saturated heterocycles. The summed E-state index contributed by atoms with van der Waals surface area (Å²) in [4.78, 5) is 11.1. The highest BCUT2D eigenvalue weighted by Gasteiger charge is 2.76. The zero-order chi connectivity index (χ0) is 20.1. The number of quaternary nitrogens is 1. The van der Waals surface area contributed by atoms with E-state index in [2.05, 4.69) is 0 Å². The predicted molar refractivity (Wildman–Crippen MR) is 82.3 cm³/mol. The Balaban J connectivity index is 1.63. The molecule has 0 aromatic heterocycles. The fourth-order valence-corrected chi connectivity index (χ4v) is 5.62. The lowest BCUT2D eigenvalue weighted by Crippen LogP contribution is -3.08. The van der Waals surface area contributed by atoms with E-state index < -0.39 is 36.1 Å². The molecule has 1 amide bonds. The molecule has 4 nitrogen and oxygen atoms in total. The highest BCUT2D eigenvalue weighted by Crippen LogP contribution is 2.57. The molecule has 0 spiro atoms. The molecule has 10 heteroatoms. The van der Waals surface area contributed by atoms with Gasteiger partial charge in [0.25, 0.3) is 0 Å². The lowest BCUT2D eigenvalue weighted by atomic mass is 9.54. The van der Waals surface area contributed by atoms with Crippen molar-refractivity contribution in [3.63, 3.8) is 0 Å². The van der Waals surface area contributed by atoms with Crippen LogP contribution in [0.5, 0.6) is 0 Å². The van der Waals surface area contributed by atoms with Crippen LogP contribution in [0.2, 0.25) is 0 Å². The number of nitrogens with one attached hydrogen (secondary N) is 1. The molecule has 3 N–H and O–H groups in total. The van der Waals surface area contributed by atoms with Crippen LogP contribution in [-0.4, -0.2) is 42.7 Å². The van der Waals surface area contributed by atoms with Crippen molar-refractivity contribution in [3.05, 3.63) is 0 Å². The average Bonchev–Trinajstić information content (AvgIpc) is 2.46. The van der Waals surface area contributed by atoms with Gasteiger partial charge in [0.05, 0.1) is 12.2 Å².